The van der Waals surface area contributed by atoms with Gasteiger partial charge >= 0.3 is 0 Å². The number of carbonyl (C=O) groups is 1. The van der Waals surface area contributed by atoms with Crippen molar-refractivity contribution in [2.75, 3.05) is 13.1 Å². The number of nitrogens with two attached hydrogens (primary N) is 1. The predicted octanol–water partition coefficient (Wildman–Crippen LogP) is 2.40. The van der Waals surface area contributed by atoms with Crippen LogP contribution in [-0.2, 0) is 4.79 Å². The Bertz CT molecular complexity index is 384. The number of rotatable bonds is 3. The summed E-state index contributed by atoms with van der Waals surface area (Å²) in [6, 6.07) is 0.444. The Labute approximate surface area is 122 Å². The van der Waals surface area contributed by atoms with Crippen LogP contribution in [0.1, 0.15) is 51.9 Å². The fourth-order valence-corrected chi connectivity index (χ4v) is 6.36. The van der Waals surface area contributed by atoms with Crippen molar-refractivity contribution in [3.8, 4) is 0 Å². The lowest BCUT2D eigenvalue weighted by molar-refractivity contribution is -0.140. The van der Waals surface area contributed by atoms with Crippen LogP contribution in [0.2, 0.25) is 0 Å². The van der Waals surface area contributed by atoms with Crippen molar-refractivity contribution in [1.82, 2.24) is 4.90 Å². The van der Waals surface area contributed by atoms with Crippen molar-refractivity contribution >= 4 is 5.91 Å². The summed E-state index contributed by atoms with van der Waals surface area (Å²) in [5.41, 5.74) is 6.24. The molecular formula is C17H28N2O. The maximum absolute atomic E-state index is 12.3. The lowest BCUT2D eigenvalue weighted by Gasteiger charge is -2.60. The van der Waals surface area contributed by atoms with E-state index in [2.05, 4.69) is 11.8 Å². The zero-order chi connectivity index (χ0) is 13.9. The minimum Gasteiger partial charge on any atom is -0.339 e. The van der Waals surface area contributed by atoms with E-state index in [1.54, 1.807) is 0 Å². The second-order valence-corrected chi connectivity index (χ2v) is 8.31. The first-order valence-corrected chi connectivity index (χ1v) is 8.59. The highest BCUT2D eigenvalue weighted by Crippen LogP contribution is 2.62. The first kappa shape index (κ1) is 13.1. The molecule has 4 aliphatic carbocycles. The summed E-state index contributed by atoms with van der Waals surface area (Å²) >= 11 is 0. The molecule has 1 heterocycles. The summed E-state index contributed by atoms with van der Waals surface area (Å²) in [7, 11) is 0. The van der Waals surface area contributed by atoms with E-state index in [0.717, 1.165) is 24.3 Å². The largest absolute Gasteiger partial charge is 0.339 e. The maximum atomic E-state index is 12.3. The van der Waals surface area contributed by atoms with Crippen molar-refractivity contribution in [2.24, 2.45) is 34.8 Å². The first-order valence-electron chi connectivity index (χ1n) is 8.59. The molecule has 1 aliphatic heterocycles. The Morgan fingerprint density at radius 3 is 2.20 bits per heavy atom. The van der Waals surface area contributed by atoms with Crippen LogP contribution >= 0.6 is 0 Å². The Morgan fingerprint density at radius 1 is 1.20 bits per heavy atom. The van der Waals surface area contributed by atoms with E-state index in [4.69, 9.17) is 5.73 Å². The molecule has 3 heteroatoms. The third kappa shape index (κ3) is 1.85. The van der Waals surface area contributed by atoms with Gasteiger partial charge in [0.15, 0.2) is 0 Å². The standard InChI is InChI=1S/C17H28N2O/c1-11(19-10-15(9-18)5-16(19)20)17-6-12-2-13(7-17)4-14(3-12)8-17/h11-15H,2-10,18H2,1H3. The highest BCUT2D eigenvalue weighted by atomic mass is 16.2. The van der Waals surface area contributed by atoms with Gasteiger partial charge in [0.25, 0.3) is 0 Å². The van der Waals surface area contributed by atoms with E-state index >= 15 is 0 Å². The monoisotopic (exact) mass is 276 g/mol. The second-order valence-electron chi connectivity index (χ2n) is 8.31. The third-order valence-corrected chi connectivity index (χ3v) is 7.01. The van der Waals surface area contributed by atoms with Gasteiger partial charge in [0.2, 0.25) is 5.91 Å². The number of nitrogens with zero attached hydrogens (tertiary/aromatic N) is 1. The molecule has 0 radical (unpaired) electrons. The number of carbonyl (C=O) groups excluding carboxylic acids is 1. The van der Waals surface area contributed by atoms with Crippen LogP contribution in [0.15, 0.2) is 0 Å². The van der Waals surface area contributed by atoms with Crippen molar-refractivity contribution in [2.45, 2.75) is 57.9 Å². The Kier molecular flexibility index (Phi) is 2.93. The summed E-state index contributed by atoms with van der Waals surface area (Å²) in [4.78, 5) is 14.5. The lowest BCUT2D eigenvalue weighted by atomic mass is 9.47. The van der Waals surface area contributed by atoms with Gasteiger partial charge < -0.3 is 10.6 Å². The van der Waals surface area contributed by atoms with E-state index in [1.807, 2.05) is 0 Å². The molecule has 0 aromatic rings. The fourth-order valence-electron chi connectivity index (χ4n) is 6.36. The number of hydrogen-bond acceptors (Lipinski definition) is 2. The Morgan fingerprint density at radius 2 is 1.75 bits per heavy atom. The van der Waals surface area contributed by atoms with Crippen LogP contribution in [0.4, 0.5) is 0 Å². The summed E-state index contributed by atoms with van der Waals surface area (Å²) in [5, 5.41) is 0. The van der Waals surface area contributed by atoms with E-state index < -0.39 is 0 Å². The summed E-state index contributed by atoms with van der Waals surface area (Å²) < 4.78 is 0. The molecule has 5 fully saturated rings. The Balaban J connectivity index is 1.56. The second kappa shape index (κ2) is 4.46. The minimum atomic E-state index is 0.365. The summed E-state index contributed by atoms with van der Waals surface area (Å²) in [6.45, 7) is 3.91. The van der Waals surface area contributed by atoms with E-state index in [1.165, 1.54) is 38.5 Å². The molecule has 2 unspecified atom stereocenters. The van der Waals surface area contributed by atoms with E-state index in [9.17, 15) is 4.79 Å². The average Bonchev–Trinajstić information content (AvgIpc) is 2.77. The fraction of sp³-hybridized carbons (Fsp3) is 0.941. The molecule has 2 N–H and O–H groups in total. The van der Waals surface area contributed by atoms with Crippen molar-refractivity contribution in [3.05, 3.63) is 0 Å². The third-order valence-electron chi connectivity index (χ3n) is 7.01. The van der Waals surface area contributed by atoms with E-state index in [0.29, 0.717) is 36.2 Å². The zero-order valence-corrected chi connectivity index (χ0v) is 12.7. The highest BCUT2D eigenvalue weighted by Gasteiger charge is 2.55. The SMILES string of the molecule is CC(N1CC(CN)CC1=O)C12CC3CC(CC(C3)C1)C2. The maximum Gasteiger partial charge on any atom is 0.223 e. The average molecular weight is 276 g/mol. The molecule has 0 spiro atoms. The van der Waals surface area contributed by atoms with Gasteiger partial charge in [-0.1, -0.05) is 0 Å². The van der Waals surface area contributed by atoms with Gasteiger partial charge in [0.05, 0.1) is 0 Å². The van der Waals surface area contributed by atoms with Gasteiger partial charge in [-0.2, -0.15) is 0 Å². The summed E-state index contributed by atoms with van der Waals surface area (Å²) in [6.07, 6.45) is 9.28. The molecule has 4 bridgehead atoms. The van der Waals surface area contributed by atoms with Crippen molar-refractivity contribution in [1.29, 1.82) is 0 Å². The number of hydrogen-bond donors (Lipinski definition) is 1. The molecule has 5 aliphatic rings. The molecule has 1 saturated heterocycles. The molecule has 0 aromatic carbocycles. The quantitative estimate of drug-likeness (QED) is 0.860. The van der Waals surface area contributed by atoms with Crippen LogP contribution in [0.5, 0.6) is 0 Å². The van der Waals surface area contributed by atoms with Gasteiger partial charge in [0, 0.05) is 19.0 Å². The molecule has 5 rings (SSSR count). The van der Waals surface area contributed by atoms with Crippen LogP contribution in [-0.4, -0.2) is 29.9 Å². The van der Waals surface area contributed by atoms with Gasteiger partial charge in [-0.05, 0) is 81.1 Å². The van der Waals surface area contributed by atoms with Crippen LogP contribution in [0.25, 0.3) is 0 Å². The molecule has 20 heavy (non-hydrogen) atoms. The lowest BCUT2D eigenvalue weighted by Crippen LogP contribution is -2.56. The molecule has 2 atom stereocenters. The number of likely N-dealkylation sites (tertiary alicyclic amines) is 1. The molecular weight excluding hydrogens is 248 g/mol. The number of amides is 1. The highest BCUT2D eigenvalue weighted by molar-refractivity contribution is 5.79. The zero-order valence-electron chi connectivity index (χ0n) is 12.7. The van der Waals surface area contributed by atoms with Crippen LogP contribution < -0.4 is 5.73 Å². The molecule has 4 saturated carbocycles. The molecule has 112 valence electrons. The van der Waals surface area contributed by atoms with Crippen molar-refractivity contribution in [3.63, 3.8) is 0 Å². The molecule has 1 amide bonds. The topological polar surface area (TPSA) is 46.3 Å². The van der Waals surface area contributed by atoms with Gasteiger partial charge in [-0.15, -0.1) is 0 Å². The normalized spacial score (nSPS) is 48.1. The van der Waals surface area contributed by atoms with Crippen LogP contribution in [0.3, 0.4) is 0 Å². The van der Waals surface area contributed by atoms with Crippen molar-refractivity contribution < 1.29 is 4.79 Å². The minimum absolute atomic E-state index is 0.365. The van der Waals surface area contributed by atoms with Gasteiger partial charge in [0.1, 0.15) is 0 Å². The first-order chi connectivity index (χ1) is 9.59. The van der Waals surface area contributed by atoms with Crippen LogP contribution in [0, 0.1) is 29.1 Å². The molecule has 3 nitrogen and oxygen atoms in total. The summed E-state index contributed by atoms with van der Waals surface area (Å²) in [5.74, 6) is 3.66. The molecule has 0 aromatic heterocycles. The van der Waals surface area contributed by atoms with Gasteiger partial charge in [-0.25, -0.2) is 0 Å². The van der Waals surface area contributed by atoms with E-state index in [-0.39, 0.29) is 0 Å². The van der Waals surface area contributed by atoms with Gasteiger partial charge in [-0.3, -0.25) is 4.79 Å². The Hall–Kier alpha value is -0.570. The smallest absolute Gasteiger partial charge is 0.223 e. The predicted molar refractivity (Wildman–Crippen MR) is 78.9 cm³/mol.